The van der Waals surface area contributed by atoms with Crippen molar-refractivity contribution in [1.82, 2.24) is 0 Å². The van der Waals surface area contributed by atoms with Gasteiger partial charge in [0.05, 0.1) is 42.8 Å². The van der Waals surface area contributed by atoms with Gasteiger partial charge in [0.25, 0.3) is 0 Å². The summed E-state index contributed by atoms with van der Waals surface area (Å²) in [6, 6.07) is 0. The van der Waals surface area contributed by atoms with Crippen molar-refractivity contribution >= 4 is 26.9 Å². The van der Waals surface area contributed by atoms with Crippen LogP contribution in [0, 0.1) is 0 Å². The highest BCUT2D eigenvalue weighted by molar-refractivity contribution is 6.71. The first kappa shape index (κ1) is 28.2. The highest BCUT2D eigenvalue weighted by Crippen LogP contribution is 2.28. The van der Waals surface area contributed by atoms with Crippen LogP contribution in [0.15, 0.2) is 12.2 Å². The molecule has 0 radical (unpaired) electrons. The molecular formula is C19H44O6Si3. The predicted molar refractivity (Wildman–Crippen MR) is 124 cm³/mol. The zero-order valence-corrected chi connectivity index (χ0v) is 23.6. The van der Waals surface area contributed by atoms with Crippen molar-refractivity contribution < 1.29 is 28.2 Å². The minimum atomic E-state index is -1.82. The summed E-state index contributed by atoms with van der Waals surface area (Å²) >= 11 is 0. The van der Waals surface area contributed by atoms with E-state index < -0.39 is 28.3 Å². The van der Waals surface area contributed by atoms with Crippen LogP contribution in [-0.2, 0) is 23.1 Å². The average Bonchev–Trinajstić information content (AvgIpc) is 2.46. The molecular weight excluding hydrogens is 408 g/mol. The van der Waals surface area contributed by atoms with E-state index in [4.69, 9.17) is 28.2 Å². The molecule has 0 rings (SSSR count). The van der Waals surface area contributed by atoms with Gasteiger partial charge in [-0.25, -0.2) is 0 Å². The molecule has 0 saturated carbocycles. The minimum absolute atomic E-state index is 0.0290. The Labute approximate surface area is 177 Å². The minimum Gasteiger partial charge on any atom is -0.395 e. The van der Waals surface area contributed by atoms with E-state index in [1.807, 2.05) is 13.8 Å². The Hall–Kier alpha value is 0.151. The Balaban J connectivity index is 5.38. The van der Waals surface area contributed by atoms with Crippen molar-refractivity contribution in [2.75, 3.05) is 26.4 Å². The normalized spacial score (nSPS) is 15.6. The van der Waals surface area contributed by atoms with Crippen LogP contribution in [0.2, 0.25) is 39.3 Å². The molecule has 6 nitrogen and oxygen atoms in total. The highest BCUT2D eigenvalue weighted by Gasteiger charge is 2.39. The summed E-state index contributed by atoms with van der Waals surface area (Å²) in [6.07, 6.45) is 0.668. The molecule has 0 saturated heterocycles. The number of aliphatic hydroxyl groups excluding tert-OH is 1. The maximum Gasteiger partial charge on any atom is 0.187 e. The van der Waals surface area contributed by atoms with Gasteiger partial charge >= 0.3 is 0 Å². The summed E-state index contributed by atoms with van der Waals surface area (Å²) in [7, 11) is -2.91. The van der Waals surface area contributed by atoms with Gasteiger partial charge < -0.3 is 28.2 Å². The van der Waals surface area contributed by atoms with Crippen molar-refractivity contribution in [3.63, 3.8) is 0 Å². The Morgan fingerprint density at radius 2 is 1.64 bits per heavy atom. The number of aliphatic hydroxyl groups is 1. The third-order valence-electron chi connectivity index (χ3n) is 3.37. The van der Waals surface area contributed by atoms with Crippen LogP contribution in [-0.4, -0.2) is 76.2 Å². The topological polar surface area (TPSA) is 66.4 Å². The molecule has 28 heavy (non-hydrogen) atoms. The summed E-state index contributed by atoms with van der Waals surface area (Å²) < 4.78 is 30.7. The molecule has 9 heteroatoms. The summed E-state index contributed by atoms with van der Waals surface area (Å²) in [6.45, 7) is 22.0. The van der Waals surface area contributed by atoms with Gasteiger partial charge in [-0.3, -0.25) is 0 Å². The van der Waals surface area contributed by atoms with Crippen LogP contribution < -0.4 is 0 Å². The number of rotatable bonds is 16. The first-order valence-corrected chi connectivity index (χ1v) is 18.0. The average molecular weight is 453 g/mol. The molecule has 0 aliphatic heterocycles. The molecule has 0 fully saturated rings. The van der Waals surface area contributed by atoms with E-state index in [0.29, 0.717) is 26.1 Å². The SMILES string of the molecule is C=C(C)COCC(CC([SiH3])(O[Si](C)(C)C)O[Si](C)(C)C)OC(CC)OCCO. The van der Waals surface area contributed by atoms with Crippen LogP contribution in [0.5, 0.6) is 0 Å². The highest BCUT2D eigenvalue weighted by atomic mass is 28.4. The summed E-state index contributed by atoms with van der Waals surface area (Å²) in [5.74, 6) is 0. The van der Waals surface area contributed by atoms with Crippen molar-refractivity contribution in [1.29, 1.82) is 0 Å². The molecule has 1 N–H and O–H groups in total. The molecule has 0 amide bonds. The van der Waals surface area contributed by atoms with E-state index in [-0.39, 0.29) is 19.3 Å². The Kier molecular flexibility index (Phi) is 12.8. The lowest BCUT2D eigenvalue weighted by Gasteiger charge is -2.43. The fraction of sp³-hybridized carbons (Fsp3) is 0.895. The van der Waals surface area contributed by atoms with E-state index in [9.17, 15) is 0 Å². The molecule has 2 unspecified atom stereocenters. The summed E-state index contributed by atoms with van der Waals surface area (Å²) in [4.78, 5) is 0. The fourth-order valence-electron chi connectivity index (χ4n) is 2.98. The summed E-state index contributed by atoms with van der Waals surface area (Å²) in [5, 5.41) is 9.05. The maximum atomic E-state index is 9.05. The molecule has 0 aliphatic carbocycles. The first-order chi connectivity index (χ1) is 12.7. The van der Waals surface area contributed by atoms with Gasteiger partial charge in [-0.1, -0.05) is 19.1 Å². The van der Waals surface area contributed by atoms with Crippen LogP contribution in [0.4, 0.5) is 0 Å². The Morgan fingerprint density at radius 3 is 2.04 bits per heavy atom. The van der Waals surface area contributed by atoms with Gasteiger partial charge in [0, 0.05) is 6.42 Å². The Bertz CT molecular complexity index is 432. The van der Waals surface area contributed by atoms with E-state index >= 15 is 0 Å². The lowest BCUT2D eigenvalue weighted by Crippen LogP contribution is -2.53. The number of hydrogen-bond acceptors (Lipinski definition) is 6. The van der Waals surface area contributed by atoms with E-state index in [2.05, 4.69) is 45.9 Å². The van der Waals surface area contributed by atoms with Crippen LogP contribution in [0.1, 0.15) is 26.7 Å². The monoisotopic (exact) mass is 452 g/mol. The largest absolute Gasteiger partial charge is 0.395 e. The maximum absolute atomic E-state index is 9.05. The summed E-state index contributed by atoms with van der Waals surface area (Å²) in [5.41, 5.74) is 0.359. The first-order valence-electron chi connectivity index (χ1n) is 10.2. The van der Waals surface area contributed by atoms with Gasteiger partial charge in [0.2, 0.25) is 0 Å². The van der Waals surface area contributed by atoms with Crippen LogP contribution in [0.25, 0.3) is 0 Å². The smallest absolute Gasteiger partial charge is 0.187 e. The van der Waals surface area contributed by atoms with Gasteiger partial charge in [0.1, 0.15) is 5.41 Å². The lowest BCUT2D eigenvalue weighted by molar-refractivity contribution is -0.203. The third-order valence-corrected chi connectivity index (χ3v) is 7.09. The molecule has 0 aliphatic rings. The lowest BCUT2D eigenvalue weighted by atomic mass is 10.2. The number of hydrogen-bond donors (Lipinski definition) is 1. The fourth-order valence-corrected chi connectivity index (χ4v) is 10.0. The van der Waals surface area contributed by atoms with Crippen LogP contribution in [0.3, 0.4) is 0 Å². The molecule has 2 atom stereocenters. The van der Waals surface area contributed by atoms with Crippen LogP contribution >= 0.6 is 0 Å². The second-order valence-corrected chi connectivity index (χ2v) is 19.8. The van der Waals surface area contributed by atoms with Crippen molar-refractivity contribution in [2.45, 2.75) is 83.8 Å². The van der Waals surface area contributed by atoms with Gasteiger partial charge in [-0.15, -0.1) is 0 Å². The quantitative estimate of drug-likeness (QED) is 0.221. The zero-order valence-electron chi connectivity index (χ0n) is 19.6. The number of ether oxygens (including phenoxy) is 3. The van der Waals surface area contributed by atoms with Gasteiger partial charge in [-0.05, 0) is 52.6 Å². The standard InChI is InChI=1S/C19H44O6Si3/c1-10-18(22-12-11-20)23-17(15-21-14-16(2)3)13-19(26,24-27(4,5)6)25-28(7,8)9/h17-18,20H,2,10-15H2,1,3-9,26H3. The van der Waals surface area contributed by atoms with Crippen molar-refractivity contribution in [2.24, 2.45) is 0 Å². The molecule has 0 heterocycles. The van der Waals surface area contributed by atoms with E-state index in [0.717, 1.165) is 15.8 Å². The Morgan fingerprint density at radius 1 is 1.11 bits per heavy atom. The molecule has 0 bridgehead atoms. The van der Waals surface area contributed by atoms with Crippen molar-refractivity contribution in [3.05, 3.63) is 12.2 Å². The molecule has 168 valence electrons. The molecule has 0 aromatic heterocycles. The van der Waals surface area contributed by atoms with Crippen molar-refractivity contribution in [3.8, 4) is 0 Å². The zero-order chi connectivity index (χ0) is 22.0. The van der Waals surface area contributed by atoms with E-state index in [1.54, 1.807) is 0 Å². The van der Waals surface area contributed by atoms with Gasteiger partial charge in [-0.2, -0.15) is 0 Å². The molecule has 0 aromatic rings. The van der Waals surface area contributed by atoms with Gasteiger partial charge in [0.15, 0.2) is 22.9 Å². The predicted octanol–water partition coefficient (Wildman–Crippen LogP) is 2.82. The second kappa shape index (κ2) is 12.8. The second-order valence-electron chi connectivity index (χ2n) is 9.43. The molecule has 0 aromatic carbocycles. The van der Waals surface area contributed by atoms with E-state index in [1.165, 1.54) is 0 Å². The third kappa shape index (κ3) is 15.1. The molecule has 0 spiro atoms.